The normalized spacial score (nSPS) is 18.8. The molecular formula is C12H21N3. The van der Waals surface area contributed by atoms with Crippen molar-refractivity contribution in [1.29, 1.82) is 0 Å². The lowest BCUT2D eigenvalue weighted by Crippen LogP contribution is -2.29. The van der Waals surface area contributed by atoms with E-state index in [-0.39, 0.29) is 0 Å². The highest BCUT2D eigenvalue weighted by Crippen LogP contribution is 2.30. The van der Waals surface area contributed by atoms with Crippen LogP contribution in [0, 0.1) is 5.92 Å². The minimum Gasteiger partial charge on any atom is -0.310 e. The molecule has 0 aliphatic heterocycles. The molecule has 15 heavy (non-hydrogen) atoms. The molecule has 0 radical (unpaired) electrons. The molecular weight excluding hydrogens is 186 g/mol. The first kappa shape index (κ1) is 10.7. The Morgan fingerprint density at radius 3 is 2.93 bits per heavy atom. The molecule has 1 aromatic rings. The minimum absolute atomic E-state index is 0.635. The fraction of sp³-hybridized carbons (Fsp3) is 0.750. The van der Waals surface area contributed by atoms with Gasteiger partial charge in [0.1, 0.15) is 0 Å². The van der Waals surface area contributed by atoms with Gasteiger partial charge in [-0.15, -0.1) is 0 Å². The lowest BCUT2D eigenvalue weighted by Gasteiger charge is -2.28. The van der Waals surface area contributed by atoms with E-state index in [1.54, 1.807) is 0 Å². The molecule has 1 atom stereocenters. The Hall–Kier alpha value is -0.830. The molecule has 84 valence electrons. The van der Waals surface area contributed by atoms with Gasteiger partial charge < -0.3 is 5.32 Å². The van der Waals surface area contributed by atoms with Crippen LogP contribution in [0.4, 0.5) is 0 Å². The summed E-state index contributed by atoms with van der Waals surface area (Å²) in [4.78, 5) is 0. The maximum absolute atomic E-state index is 4.16. The van der Waals surface area contributed by atoms with Gasteiger partial charge in [0.25, 0.3) is 0 Å². The molecule has 1 aromatic heterocycles. The zero-order valence-corrected chi connectivity index (χ0v) is 9.74. The standard InChI is InChI=1S/C12H21N3/c1-10(6-11-4-3-5-11)13-7-12-8-14-15(2)9-12/h8-11,13H,3-7H2,1-2H3. The van der Waals surface area contributed by atoms with Gasteiger partial charge in [-0.25, -0.2) is 0 Å². The monoisotopic (exact) mass is 207 g/mol. The molecule has 3 nitrogen and oxygen atoms in total. The first-order valence-electron chi connectivity index (χ1n) is 5.95. The summed E-state index contributed by atoms with van der Waals surface area (Å²) in [7, 11) is 1.96. The Morgan fingerprint density at radius 2 is 2.40 bits per heavy atom. The highest BCUT2D eigenvalue weighted by molar-refractivity contribution is 5.03. The van der Waals surface area contributed by atoms with Gasteiger partial charge in [0.05, 0.1) is 6.20 Å². The molecule has 0 spiro atoms. The molecule has 1 unspecified atom stereocenters. The highest BCUT2D eigenvalue weighted by Gasteiger charge is 2.19. The van der Waals surface area contributed by atoms with Crippen molar-refractivity contribution in [3.05, 3.63) is 18.0 Å². The van der Waals surface area contributed by atoms with Gasteiger partial charge in [0.2, 0.25) is 0 Å². The lowest BCUT2D eigenvalue weighted by atomic mass is 9.81. The molecule has 2 rings (SSSR count). The van der Waals surface area contributed by atoms with Crippen LogP contribution in [0.2, 0.25) is 0 Å². The van der Waals surface area contributed by atoms with Crippen molar-refractivity contribution in [2.75, 3.05) is 0 Å². The van der Waals surface area contributed by atoms with Crippen LogP contribution in [0.5, 0.6) is 0 Å². The summed E-state index contributed by atoms with van der Waals surface area (Å²) >= 11 is 0. The van der Waals surface area contributed by atoms with E-state index in [0.717, 1.165) is 12.5 Å². The predicted molar refractivity (Wildman–Crippen MR) is 61.5 cm³/mol. The van der Waals surface area contributed by atoms with Crippen molar-refractivity contribution in [2.24, 2.45) is 13.0 Å². The highest BCUT2D eigenvalue weighted by atomic mass is 15.2. The number of hydrogen-bond acceptors (Lipinski definition) is 2. The van der Waals surface area contributed by atoms with E-state index in [4.69, 9.17) is 0 Å². The Bertz CT molecular complexity index is 302. The molecule has 0 saturated heterocycles. The smallest absolute Gasteiger partial charge is 0.0534 e. The number of hydrogen-bond donors (Lipinski definition) is 1. The summed E-state index contributed by atoms with van der Waals surface area (Å²) in [5, 5.41) is 7.72. The van der Waals surface area contributed by atoms with Crippen LogP contribution in [0.15, 0.2) is 12.4 Å². The van der Waals surface area contributed by atoms with Crippen LogP contribution in [0.3, 0.4) is 0 Å². The average molecular weight is 207 g/mol. The van der Waals surface area contributed by atoms with Gasteiger partial charge in [-0.1, -0.05) is 19.3 Å². The van der Waals surface area contributed by atoms with E-state index in [1.165, 1.54) is 31.2 Å². The van der Waals surface area contributed by atoms with Crippen LogP contribution < -0.4 is 5.32 Å². The molecule has 3 heteroatoms. The third-order valence-electron chi connectivity index (χ3n) is 3.32. The second-order valence-corrected chi connectivity index (χ2v) is 4.84. The summed E-state index contributed by atoms with van der Waals surface area (Å²) in [6.07, 6.45) is 9.67. The summed E-state index contributed by atoms with van der Waals surface area (Å²) in [5.41, 5.74) is 1.28. The van der Waals surface area contributed by atoms with Crippen molar-refractivity contribution in [3.63, 3.8) is 0 Å². The molecule has 0 amide bonds. The van der Waals surface area contributed by atoms with Crippen molar-refractivity contribution < 1.29 is 0 Å². The quantitative estimate of drug-likeness (QED) is 0.801. The maximum Gasteiger partial charge on any atom is 0.0534 e. The minimum atomic E-state index is 0.635. The van der Waals surface area contributed by atoms with Crippen molar-refractivity contribution in [1.82, 2.24) is 15.1 Å². The molecule has 0 aromatic carbocycles. The molecule has 1 aliphatic rings. The largest absolute Gasteiger partial charge is 0.310 e. The zero-order valence-electron chi connectivity index (χ0n) is 9.74. The Morgan fingerprint density at radius 1 is 1.60 bits per heavy atom. The summed E-state index contributed by atoms with van der Waals surface area (Å²) in [6, 6.07) is 0.635. The maximum atomic E-state index is 4.16. The number of nitrogens with one attached hydrogen (secondary N) is 1. The second kappa shape index (κ2) is 4.79. The third kappa shape index (κ3) is 3.06. The Balaban J connectivity index is 1.68. The van der Waals surface area contributed by atoms with E-state index in [2.05, 4.69) is 23.5 Å². The SMILES string of the molecule is CC(CC1CCC1)NCc1cnn(C)c1. The van der Waals surface area contributed by atoms with E-state index in [1.807, 2.05) is 17.9 Å². The van der Waals surface area contributed by atoms with Crippen molar-refractivity contribution in [3.8, 4) is 0 Å². The van der Waals surface area contributed by atoms with Crippen LogP contribution in [-0.4, -0.2) is 15.8 Å². The van der Waals surface area contributed by atoms with E-state index >= 15 is 0 Å². The topological polar surface area (TPSA) is 29.9 Å². The second-order valence-electron chi connectivity index (χ2n) is 4.84. The molecule has 1 fully saturated rings. The van der Waals surface area contributed by atoms with Crippen LogP contribution in [0.1, 0.15) is 38.2 Å². The van der Waals surface area contributed by atoms with E-state index in [9.17, 15) is 0 Å². The van der Waals surface area contributed by atoms with Crippen molar-refractivity contribution in [2.45, 2.75) is 45.2 Å². The molecule has 1 heterocycles. The van der Waals surface area contributed by atoms with E-state index in [0.29, 0.717) is 6.04 Å². The Kier molecular flexibility index (Phi) is 3.41. The number of nitrogens with zero attached hydrogens (tertiary/aromatic N) is 2. The predicted octanol–water partition coefficient (Wildman–Crippen LogP) is 2.09. The molecule has 1 aliphatic carbocycles. The van der Waals surface area contributed by atoms with E-state index < -0.39 is 0 Å². The average Bonchev–Trinajstić information content (AvgIpc) is 2.55. The first-order valence-corrected chi connectivity index (χ1v) is 5.95. The van der Waals surface area contributed by atoms with Gasteiger partial charge in [0, 0.05) is 31.4 Å². The summed E-state index contributed by atoms with van der Waals surface area (Å²) < 4.78 is 1.85. The van der Waals surface area contributed by atoms with Gasteiger partial charge in [-0.05, 0) is 19.3 Å². The van der Waals surface area contributed by atoms with Gasteiger partial charge in [-0.2, -0.15) is 5.10 Å². The van der Waals surface area contributed by atoms with Gasteiger partial charge in [0.15, 0.2) is 0 Å². The first-order chi connectivity index (χ1) is 7.24. The molecule has 0 bridgehead atoms. The number of aromatic nitrogens is 2. The van der Waals surface area contributed by atoms with Crippen molar-refractivity contribution >= 4 is 0 Å². The Labute approximate surface area is 91.9 Å². The zero-order chi connectivity index (χ0) is 10.7. The summed E-state index contributed by atoms with van der Waals surface area (Å²) in [6.45, 7) is 3.23. The van der Waals surface area contributed by atoms with Crippen LogP contribution in [0.25, 0.3) is 0 Å². The molecule has 1 N–H and O–H groups in total. The third-order valence-corrected chi connectivity index (χ3v) is 3.32. The van der Waals surface area contributed by atoms with Crippen LogP contribution in [-0.2, 0) is 13.6 Å². The fourth-order valence-corrected chi connectivity index (χ4v) is 2.17. The van der Waals surface area contributed by atoms with Gasteiger partial charge >= 0.3 is 0 Å². The lowest BCUT2D eigenvalue weighted by molar-refractivity contribution is 0.265. The fourth-order valence-electron chi connectivity index (χ4n) is 2.17. The van der Waals surface area contributed by atoms with Gasteiger partial charge in [-0.3, -0.25) is 4.68 Å². The summed E-state index contributed by atoms with van der Waals surface area (Å²) in [5.74, 6) is 0.987. The molecule has 1 saturated carbocycles. The number of aryl methyl sites for hydroxylation is 1. The number of rotatable bonds is 5. The van der Waals surface area contributed by atoms with Crippen LogP contribution >= 0.6 is 0 Å².